The fourth-order valence-corrected chi connectivity index (χ4v) is 7.77. The third-order valence-electron chi connectivity index (χ3n) is 10.2. The third kappa shape index (κ3) is 10.8. The van der Waals surface area contributed by atoms with E-state index >= 15 is 0 Å². The van der Waals surface area contributed by atoms with Crippen molar-refractivity contribution >= 4 is 33.6 Å². The Morgan fingerprint density at radius 1 is 0.736 bits per heavy atom. The number of aryl methyl sites for hydroxylation is 2. The summed E-state index contributed by atoms with van der Waals surface area (Å²) in [4.78, 5) is 39.0. The van der Waals surface area contributed by atoms with Gasteiger partial charge in [-0.1, -0.05) is 0 Å². The predicted octanol–water partition coefficient (Wildman–Crippen LogP) is 4.67. The first-order chi connectivity index (χ1) is 25.8. The van der Waals surface area contributed by atoms with Gasteiger partial charge in [0.25, 0.3) is 0 Å². The summed E-state index contributed by atoms with van der Waals surface area (Å²) < 4.78 is 25.7. The number of halogens is 3. The van der Waals surface area contributed by atoms with Gasteiger partial charge in [0.15, 0.2) is 0 Å². The first kappa shape index (κ1) is 38.2. The van der Waals surface area contributed by atoms with Crippen LogP contribution >= 0.6 is 15.9 Å². The maximum atomic E-state index is 13.1. The van der Waals surface area contributed by atoms with Gasteiger partial charge in [-0.2, -0.15) is 20.4 Å². The molecule has 0 spiro atoms. The van der Waals surface area contributed by atoms with Gasteiger partial charge in [-0.25, -0.2) is 18.7 Å². The van der Waals surface area contributed by atoms with Crippen LogP contribution in [0.15, 0.2) is 77.9 Å². The molecule has 53 heavy (non-hydrogen) atoms. The van der Waals surface area contributed by atoms with Crippen LogP contribution in [0.4, 0.5) is 14.6 Å². The molecule has 4 fully saturated rings. The molecule has 4 atom stereocenters. The maximum Gasteiger partial charge on any atom is 0.226 e. The van der Waals surface area contributed by atoms with E-state index in [9.17, 15) is 18.4 Å². The van der Waals surface area contributed by atoms with E-state index in [1.165, 1.54) is 18.3 Å². The van der Waals surface area contributed by atoms with Gasteiger partial charge >= 0.3 is 0 Å². The minimum Gasteiger partial charge on any atom is -0.353 e. The molecule has 0 unspecified atom stereocenters. The summed E-state index contributed by atoms with van der Waals surface area (Å²) in [5, 5.41) is 19.3. The second-order valence-corrected chi connectivity index (χ2v) is 14.5. The highest BCUT2D eigenvalue weighted by atomic mass is 79.9. The van der Waals surface area contributed by atoms with E-state index in [1.54, 1.807) is 24.5 Å². The lowest BCUT2D eigenvalue weighted by atomic mass is 9.97. The smallest absolute Gasteiger partial charge is 0.226 e. The maximum absolute atomic E-state index is 13.1. The SMILES string of the molecule is Fc1ccc(Br)nc1.O=C1[C@@H](CCCc2cccnn2)C[C@H]2CN(c3ccc(F)cn3)CCN12.O=C1[C@@H](CCCc2cccnn2)C[C@H]2CNCCN12. The normalized spacial score (nSPS) is 22.0. The number of rotatable bonds is 9. The first-order valence-corrected chi connectivity index (χ1v) is 19.1. The summed E-state index contributed by atoms with van der Waals surface area (Å²) in [6.45, 7) is 5.01. The fourth-order valence-electron chi connectivity index (χ4n) is 7.53. The quantitative estimate of drug-likeness (QED) is 0.239. The van der Waals surface area contributed by atoms with Gasteiger partial charge in [-0.3, -0.25) is 9.59 Å². The van der Waals surface area contributed by atoms with Crippen LogP contribution in [0.3, 0.4) is 0 Å². The summed E-state index contributed by atoms with van der Waals surface area (Å²) in [5.74, 6) is 1.11. The van der Waals surface area contributed by atoms with Crippen molar-refractivity contribution in [1.29, 1.82) is 0 Å². The van der Waals surface area contributed by atoms with Crippen molar-refractivity contribution in [1.82, 2.24) is 45.5 Å². The summed E-state index contributed by atoms with van der Waals surface area (Å²) in [5.41, 5.74) is 2.00. The van der Waals surface area contributed by atoms with Crippen LogP contribution < -0.4 is 10.2 Å². The van der Waals surface area contributed by atoms with Gasteiger partial charge in [-0.05, 0) is 116 Å². The number of piperazine rings is 2. The molecule has 4 aromatic heterocycles. The zero-order valence-electron chi connectivity index (χ0n) is 29.6. The van der Waals surface area contributed by atoms with E-state index in [0.29, 0.717) is 23.1 Å². The molecule has 8 rings (SSSR count). The van der Waals surface area contributed by atoms with Crippen LogP contribution in [0.2, 0.25) is 0 Å². The Kier molecular flexibility index (Phi) is 13.7. The van der Waals surface area contributed by atoms with Gasteiger partial charge < -0.3 is 20.0 Å². The predicted molar refractivity (Wildman–Crippen MR) is 198 cm³/mol. The summed E-state index contributed by atoms with van der Waals surface area (Å²) >= 11 is 3.07. The third-order valence-corrected chi connectivity index (χ3v) is 10.6. The Bertz CT molecular complexity index is 1720. The van der Waals surface area contributed by atoms with Crippen LogP contribution in [0.1, 0.15) is 49.9 Å². The molecule has 0 radical (unpaired) electrons. The Morgan fingerprint density at radius 2 is 1.34 bits per heavy atom. The van der Waals surface area contributed by atoms with Gasteiger partial charge in [0.1, 0.15) is 22.1 Å². The molecule has 8 heterocycles. The molecule has 4 aliphatic rings. The average molecular weight is 792 g/mol. The van der Waals surface area contributed by atoms with Gasteiger partial charge in [0.05, 0.1) is 29.8 Å². The lowest BCUT2D eigenvalue weighted by Crippen LogP contribution is -2.51. The number of nitrogens with zero attached hydrogens (tertiary/aromatic N) is 9. The van der Waals surface area contributed by atoms with E-state index in [-0.39, 0.29) is 35.4 Å². The molecule has 4 aromatic rings. The first-order valence-electron chi connectivity index (χ1n) is 18.3. The molecular formula is C38H45BrF2N10O2. The molecule has 15 heteroatoms. The average Bonchev–Trinajstić information content (AvgIpc) is 3.68. The minimum absolute atomic E-state index is 0.0952. The standard InChI is InChI=1S/C19H22FN5O.C14H20N4O.C5H3BrFN/c20-15-6-7-18(21-12-15)24-9-10-25-17(13-24)11-14(19(25)26)3-1-4-16-5-2-8-22-23-16;19-14-11(9-13-10-15-7-8-18(13)14)3-1-4-12-5-2-6-16-17-12;6-5-2-1-4(7)3-8-5/h2,5-8,12,14,17H,1,3-4,9-11,13H2;2,5-6,11,13,15H,1,3-4,7-10H2;1-3H/t14-,17-;11-,13-;/m00./s1. The molecule has 1 N–H and O–H groups in total. The largest absolute Gasteiger partial charge is 0.353 e. The van der Waals surface area contributed by atoms with Crippen molar-refractivity contribution in [3.63, 3.8) is 0 Å². The number of aromatic nitrogens is 6. The molecule has 0 aliphatic carbocycles. The monoisotopic (exact) mass is 790 g/mol. The van der Waals surface area contributed by atoms with E-state index in [4.69, 9.17) is 0 Å². The molecule has 0 aromatic carbocycles. The van der Waals surface area contributed by atoms with Crippen LogP contribution in [-0.2, 0) is 22.4 Å². The number of nitrogens with one attached hydrogen (secondary N) is 1. The van der Waals surface area contributed by atoms with E-state index in [1.807, 2.05) is 29.2 Å². The minimum atomic E-state index is -0.327. The summed E-state index contributed by atoms with van der Waals surface area (Å²) in [6, 6.07) is 14.5. The molecule has 2 amide bonds. The number of hydrogen-bond acceptors (Lipinski definition) is 10. The molecule has 12 nitrogen and oxygen atoms in total. The molecule has 280 valence electrons. The Labute approximate surface area is 316 Å². The van der Waals surface area contributed by atoms with Crippen LogP contribution in [-0.4, -0.2) is 103 Å². The van der Waals surface area contributed by atoms with E-state index in [2.05, 4.69) is 61.4 Å². The zero-order valence-corrected chi connectivity index (χ0v) is 31.2. The van der Waals surface area contributed by atoms with Gasteiger partial charge in [0, 0.05) is 69.5 Å². The molecular weight excluding hydrogens is 746 g/mol. The zero-order chi connectivity index (χ0) is 37.0. The number of fused-ring (bicyclic) bond motifs is 2. The number of anilines is 1. The lowest BCUT2D eigenvalue weighted by molar-refractivity contribution is -0.133. The highest BCUT2D eigenvalue weighted by Crippen LogP contribution is 2.32. The van der Waals surface area contributed by atoms with Gasteiger partial charge in [-0.15, -0.1) is 0 Å². The van der Waals surface area contributed by atoms with Crippen molar-refractivity contribution in [2.45, 2.75) is 63.5 Å². The Hall–Kier alpha value is -4.50. The second-order valence-electron chi connectivity index (χ2n) is 13.7. The Morgan fingerprint density at radius 3 is 1.87 bits per heavy atom. The van der Waals surface area contributed by atoms with Crippen molar-refractivity contribution in [3.8, 4) is 0 Å². The highest BCUT2D eigenvalue weighted by molar-refractivity contribution is 9.10. The number of hydrogen-bond donors (Lipinski definition) is 1. The van der Waals surface area contributed by atoms with Crippen molar-refractivity contribution < 1.29 is 18.4 Å². The Balaban J connectivity index is 0.000000155. The highest BCUT2D eigenvalue weighted by Gasteiger charge is 2.42. The number of amides is 2. The topological polar surface area (TPSA) is 133 Å². The number of carbonyl (C=O) groups is 2. The molecule has 0 saturated carbocycles. The van der Waals surface area contributed by atoms with Crippen LogP contribution in [0.25, 0.3) is 0 Å². The van der Waals surface area contributed by atoms with E-state index < -0.39 is 0 Å². The molecule has 0 bridgehead atoms. The van der Waals surface area contributed by atoms with Crippen LogP contribution in [0.5, 0.6) is 0 Å². The molecule has 4 saturated heterocycles. The summed E-state index contributed by atoms with van der Waals surface area (Å²) in [6.07, 6.45) is 13.3. The van der Waals surface area contributed by atoms with Crippen molar-refractivity contribution in [2.24, 2.45) is 11.8 Å². The second kappa shape index (κ2) is 19.0. The van der Waals surface area contributed by atoms with Crippen LogP contribution in [0, 0.1) is 23.5 Å². The lowest BCUT2D eigenvalue weighted by Gasteiger charge is -2.38. The number of pyridine rings is 2. The number of carbonyl (C=O) groups excluding carboxylic acids is 2. The van der Waals surface area contributed by atoms with Crippen molar-refractivity contribution in [3.05, 3.63) is 101 Å². The van der Waals surface area contributed by atoms with Gasteiger partial charge in [0.2, 0.25) is 11.8 Å². The molecule has 4 aliphatic heterocycles. The summed E-state index contributed by atoms with van der Waals surface area (Å²) in [7, 11) is 0. The van der Waals surface area contributed by atoms with E-state index in [0.717, 1.165) is 107 Å². The van der Waals surface area contributed by atoms with Crippen molar-refractivity contribution in [2.75, 3.05) is 44.2 Å². The fraction of sp³-hybridized carbons (Fsp3) is 0.474.